The van der Waals surface area contributed by atoms with Crippen molar-refractivity contribution in [3.8, 4) is 22.3 Å². The highest BCUT2D eigenvalue weighted by Crippen LogP contribution is 2.43. The fourth-order valence-corrected chi connectivity index (χ4v) is 6.95. The van der Waals surface area contributed by atoms with Crippen molar-refractivity contribution in [1.82, 2.24) is 0 Å². The number of thiophene rings is 1. The Balaban J connectivity index is 1.42. The van der Waals surface area contributed by atoms with Crippen LogP contribution in [0, 0.1) is 0 Å². The maximum atomic E-state index is 9.67. The number of hydrogen-bond donors (Lipinski definition) is 0. The highest BCUT2D eigenvalue weighted by atomic mass is 32.1. The second-order valence-corrected chi connectivity index (χ2v) is 11.7. The lowest BCUT2D eigenvalue weighted by atomic mass is 9.91. The van der Waals surface area contributed by atoms with Gasteiger partial charge < -0.3 is 4.90 Å². The van der Waals surface area contributed by atoms with Crippen LogP contribution < -0.4 is 4.90 Å². The van der Waals surface area contributed by atoms with Gasteiger partial charge in [-0.05, 0) is 86.8 Å². The summed E-state index contributed by atoms with van der Waals surface area (Å²) in [6.07, 6.45) is 0. The van der Waals surface area contributed by atoms with Crippen molar-refractivity contribution < 1.29 is 20.6 Å². The zero-order valence-corrected chi connectivity index (χ0v) is 24.8. The van der Waals surface area contributed by atoms with Gasteiger partial charge in [0, 0.05) is 36.9 Å². The maximum Gasteiger partial charge on any atom is 0.0645 e. The highest BCUT2D eigenvalue weighted by molar-refractivity contribution is 7.25. The van der Waals surface area contributed by atoms with E-state index in [4.69, 9.17) is 12.3 Å². The van der Waals surface area contributed by atoms with Crippen molar-refractivity contribution in [3.63, 3.8) is 0 Å². The van der Waals surface area contributed by atoms with Crippen LogP contribution in [0.4, 0.5) is 17.1 Å². The Bertz CT molecular complexity index is 3340. The first-order chi connectivity index (χ1) is 29.1. The van der Waals surface area contributed by atoms with Gasteiger partial charge in [-0.15, -0.1) is 11.3 Å². The van der Waals surface area contributed by atoms with Gasteiger partial charge in [0.05, 0.1) is 26.2 Å². The zero-order valence-electron chi connectivity index (χ0n) is 38.9. The first-order valence-corrected chi connectivity index (χ1v) is 15.3. The highest BCUT2D eigenvalue weighted by Gasteiger charge is 2.18. The fraction of sp³-hybridized carbons (Fsp3) is 0. The number of benzene rings is 8. The van der Waals surface area contributed by atoms with Gasteiger partial charge in [0.25, 0.3) is 0 Å². The van der Waals surface area contributed by atoms with E-state index in [1.54, 1.807) is 22.3 Å². The molecule has 0 unspecified atom stereocenters. The van der Waals surface area contributed by atoms with Gasteiger partial charge in [0.2, 0.25) is 0 Å². The summed E-state index contributed by atoms with van der Waals surface area (Å²) in [7, 11) is 0. The van der Waals surface area contributed by atoms with E-state index in [1.165, 1.54) is 0 Å². The summed E-state index contributed by atoms with van der Waals surface area (Å²) in [4.78, 5) is 1.64. The Morgan fingerprint density at radius 3 is 1.87 bits per heavy atom. The van der Waals surface area contributed by atoms with Crippen molar-refractivity contribution in [2.75, 3.05) is 4.90 Å². The smallest absolute Gasteiger partial charge is 0.0645 e. The summed E-state index contributed by atoms with van der Waals surface area (Å²) in [5, 5.41) is 2.66. The molecule has 46 heavy (non-hydrogen) atoms. The molecule has 9 aromatic rings. The molecule has 216 valence electrons. The van der Waals surface area contributed by atoms with Gasteiger partial charge in [0.15, 0.2) is 0 Å². The van der Waals surface area contributed by atoms with Crippen LogP contribution in [0.2, 0.25) is 0 Å². The van der Waals surface area contributed by atoms with Gasteiger partial charge in [0.1, 0.15) is 0 Å². The number of hydrogen-bond acceptors (Lipinski definition) is 2. The lowest BCUT2D eigenvalue weighted by Crippen LogP contribution is -2.10. The van der Waals surface area contributed by atoms with Crippen molar-refractivity contribution in [3.05, 3.63) is 176 Å². The largest absolute Gasteiger partial charge is 0.310 e. The molecule has 0 atom stereocenters. The van der Waals surface area contributed by atoms with Crippen molar-refractivity contribution in [2.45, 2.75) is 0 Å². The first-order valence-electron chi connectivity index (χ1n) is 22.0. The molecule has 0 bridgehead atoms. The van der Waals surface area contributed by atoms with Crippen LogP contribution in [0.3, 0.4) is 0 Å². The van der Waals surface area contributed by atoms with Crippen molar-refractivity contribution >= 4 is 70.1 Å². The molecule has 0 radical (unpaired) electrons. The van der Waals surface area contributed by atoms with E-state index in [0.29, 0.717) is 11.4 Å². The SMILES string of the molecule is [2H]c1c([2H])c([2H])c(-c2c(-c3c([2H])c([2H])c(N(c4ccc5c(c4)sc4ccccc45)c4cccc5ccccc45)c([2H])c3[2H])c([2H])c3c([2H])c([2H])c([2H])c([2H])c3c2[2H])c([2H])c1[2H]. The molecule has 0 saturated carbocycles. The lowest BCUT2D eigenvalue weighted by Gasteiger charge is -2.27. The second kappa shape index (κ2) is 11.0. The predicted molar refractivity (Wildman–Crippen MR) is 200 cm³/mol. The van der Waals surface area contributed by atoms with Gasteiger partial charge >= 0.3 is 0 Å². The Morgan fingerprint density at radius 1 is 0.457 bits per heavy atom. The summed E-state index contributed by atoms with van der Waals surface area (Å²) in [6.45, 7) is 0. The number of rotatable bonds is 5. The summed E-state index contributed by atoms with van der Waals surface area (Å²) >= 11 is 1.56. The molecule has 0 amide bonds. The van der Waals surface area contributed by atoms with Gasteiger partial charge in [-0.2, -0.15) is 0 Å². The quantitative estimate of drug-likeness (QED) is 0.185. The third-order valence-electron chi connectivity index (χ3n) is 7.90. The number of anilines is 3. The summed E-state index contributed by atoms with van der Waals surface area (Å²) in [5.74, 6) is 0. The average Bonchev–Trinajstić information content (AvgIpc) is 3.64. The lowest BCUT2D eigenvalue weighted by molar-refractivity contribution is 1.30. The Morgan fingerprint density at radius 2 is 1.09 bits per heavy atom. The maximum absolute atomic E-state index is 9.67. The van der Waals surface area contributed by atoms with E-state index >= 15 is 0 Å². The van der Waals surface area contributed by atoms with E-state index in [0.717, 1.165) is 30.9 Å². The topological polar surface area (TPSA) is 3.24 Å². The zero-order chi connectivity index (χ0) is 43.5. The molecule has 0 N–H and O–H groups in total. The minimum Gasteiger partial charge on any atom is -0.310 e. The van der Waals surface area contributed by atoms with Crippen molar-refractivity contribution in [2.24, 2.45) is 0 Å². The molecular weight excluding hydrogens is 575 g/mol. The van der Waals surface area contributed by atoms with Crippen LogP contribution in [0.1, 0.15) is 20.6 Å². The summed E-state index contributed by atoms with van der Waals surface area (Å²) in [5.41, 5.74) is -1.43. The molecule has 0 saturated heterocycles. The molecular formula is C44H29NS. The first kappa shape index (κ1) is 15.5. The molecule has 0 aliphatic heterocycles. The Hall–Kier alpha value is -5.70. The van der Waals surface area contributed by atoms with E-state index in [-0.39, 0.29) is 5.69 Å². The third kappa shape index (κ3) is 4.54. The normalized spacial score (nSPS) is 16.0. The average molecular weight is 619 g/mol. The summed E-state index contributed by atoms with van der Waals surface area (Å²) < 4.78 is 137. The van der Waals surface area contributed by atoms with Gasteiger partial charge in [-0.3, -0.25) is 0 Å². The van der Waals surface area contributed by atoms with Gasteiger partial charge in [-0.1, -0.05) is 127 Å². The van der Waals surface area contributed by atoms with Crippen molar-refractivity contribution in [1.29, 1.82) is 0 Å². The Labute approximate surface area is 293 Å². The molecule has 8 aromatic carbocycles. The monoisotopic (exact) mass is 618 g/mol. The van der Waals surface area contributed by atoms with Crippen LogP contribution in [0.25, 0.3) is 64.0 Å². The molecule has 0 aliphatic carbocycles. The van der Waals surface area contributed by atoms with Crippen LogP contribution in [-0.2, 0) is 0 Å². The minimum absolute atomic E-state index is 0.166. The third-order valence-corrected chi connectivity index (χ3v) is 9.03. The van der Waals surface area contributed by atoms with Crippen LogP contribution in [0.15, 0.2) is 176 Å². The van der Waals surface area contributed by atoms with Gasteiger partial charge in [-0.25, -0.2) is 0 Å². The van der Waals surface area contributed by atoms with Crippen LogP contribution >= 0.6 is 11.3 Å². The predicted octanol–water partition coefficient (Wildman–Crippen LogP) is 13.2. The second-order valence-electron chi connectivity index (χ2n) is 10.6. The number of nitrogens with zero attached hydrogens (tertiary/aromatic N) is 1. The molecule has 2 heteroatoms. The standard InChI is InChI=1S/C44H29NS/c1-2-11-31(12-3-1)40-27-33-14-4-5-15-34(33)28-41(40)32-21-23-35(24-22-32)45(42-19-10-16-30-13-6-7-17-37(30)42)36-25-26-39-38-18-8-9-20-43(38)46-44(39)29-36/h1-29H/i1D,2D,3D,4D,5D,11D,12D,14D,15D,21D,22D,23D,24D,27D,28D. The molecule has 1 heterocycles. The molecule has 1 nitrogen and oxygen atoms in total. The molecule has 0 spiro atoms. The fourth-order valence-electron chi connectivity index (χ4n) is 5.81. The molecule has 1 aromatic heterocycles. The van der Waals surface area contributed by atoms with E-state index in [1.807, 2.05) is 78.9 Å². The minimum atomic E-state index is -0.800. The molecule has 0 fully saturated rings. The van der Waals surface area contributed by atoms with E-state index < -0.39 is 124 Å². The van der Waals surface area contributed by atoms with Crippen LogP contribution in [0.5, 0.6) is 0 Å². The van der Waals surface area contributed by atoms with E-state index in [2.05, 4.69) is 0 Å². The Kier molecular flexibility index (Phi) is 3.72. The number of fused-ring (bicyclic) bond motifs is 5. The molecule has 0 aliphatic rings. The summed E-state index contributed by atoms with van der Waals surface area (Å²) in [6, 6.07) is 15.8. The van der Waals surface area contributed by atoms with Crippen LogP contribution in [-0.4, -0.2) is 0 Å². The van der Waals surface area contributed by atoms with E-state index in [9.17, 15) is 8.22 Å². The molecule has 9 rings (SSSR count).